The van der Waals surface area contributed by atoms with Gasteiger partial charge in [0.25, 0.3) is 0 Å². The maximum atomic E-state index is 4.38. The first kappa shape index (κ1) is 22.8. The molecule has 150 valence electrons. The monoisotopic (exact) mass is 382 g/mol. The summed E-state index contributed by atoms with van der Waals surface area (Å²) in [6.45, 7) is 13.0. The lowest BCUT2D eigenvalue weighted by atomic mass is 10.0. The minimum atomic E-state index is 0.432. The normalized spacial score (nSPS) is 13.5. The van der Waals surface area contributed by atoms with E-state index in [1.807, 2.05) is 7.05 Å². The van der Waals surface area contributed by atoms with E-state index in [1.54, 1.807) is 11.8 Å². The van der Waals surface area contributed by atoms with Crippen LogP contribution in [0.5, 0.6) is 0 Å². The summed E-state index contributed by atoms with van der Waals surface area (Å²) >= 11 is 1.66. The highest BCUT2D eigenvalue weighted by atomic mass is 32.2. The molecule has 0 saturated carbocycles. The van der Waals surface area contributed by atoms with Gasteiger partial charge in [0.2, 0.25) is 0 Å². The van der Waals surface area contributed by atoms with Gasteiger partial charge < -0.3 is 15.2 Å². The standard InChI is InChI=1S/C19H38N6S/c1-14(2)10-11-16(5)22-18(20-6)21-12-8-9-17-23-24-19(26-7)25(17)13-15(3)4/h14-16H,8-13H2,1-7H3,(H2,20,21,22). The van der Waals surface area contributed by atoms with Crippen molar-refractivity contribution in [2.75, 3.05) is 19.8 Å². The van der Waals surface area contributed by atoms with E-state index in [4.69, 9.17) is 0 Å². The van der Waals surface area contributed by atoms with Gasteiger partial charge in [-0.05, 0) is 44.3 Å². The number of thioether (sulfide) groups is 1. The number of nitrogens with zero attached hydrogens (tertiary/aromatic N) is 4. The topological polar surface area (TPSA) is 67.1 Å². The molecule has 1 heterocycles. The number of guanidine groups is 1. The Labute approximate surface area is 164 Å². The zero-order valence-corrected chi connectivity index (χ0v) is 18.5. The average Bonchev–Trinajstić information content (AvgIpc) is 2.96. The first-order valence-corrected chi connectivity index (χ1v) is 11.0. The minimum absolute atomic E-state index is 0.432. The molecule has 0 radical (unpaired) electrons. The maximum absolute atomic E-state index is 4.38. The molecule has 1 atom stereocenters. The van der Waals surface area contributed by atoms with Gasteiger partial charge in [-0.2, -0.15) is 0 Å². The Kier molecular flexibility index (Phi) is 10.7. The molecule has 0 aliphatic carbocycles. The Balaban J connectivity index is 2.42. The Morgan fingerprint density at radius 3 is 2.42 bits per heavy atom. The van der Waals surface area contributed by atoms with E-state index < -0.39 is 0 Å². The van der Waals surface area contributed by atoms with Crippen molar-refractivity contribution in [3.8, 4) is 0 Å². The van der Waals surface area contributed by atoms with E-state index >= 15 is 0 Å². The van der Waals surface area contributed by atoms with Crippen LogP contribution >= 0.6 is 11.8 Å². The van der Waals surface area contributed by atoms with Crippen molar-refractivity contribution in [1.29, 1.82) is 0 Å². The number of rotatable bonds is 11. The van der Waals surface area contributed by atoms with Crippen LogP contribution in [0.4, 0.5) is 0 Å². The van der Waals surface area contributed by atoms with Crippen molar-refractivity contribution < 1.29 is 0 Å². The highest BCUT2D eigenvalue weighted by Crippen LogP contribution is 2.16. The third-order valence-corrected chi connectivity index (χ3v) is 4.84. The van der Waals surface area contributed by atoms with Gasteiger partial charge in [-0.25, -0.2) is 0 Å². The van der Waals surface area contributed by atoms with Crippen molar-refractivity contribution in [2.24, 2.45) is 16.8 Å². The van der Waals surface area contributed by atoms with Gasteiger partial charge in [0.05, 0.1) is 0 Å². The molecule has 0 aromatic carbocycles. The minimum Gasteiger partial charge on any atom is -0.356 e. The molecule has 0 amide bonds. The average molecular weight is 383 g/mol. The van der Waals surface area contributed by atoms with Crippen LogP contribution in [0, 0.1) is 11.8 Å². The summed E-state index contributed by atoms with van der Waals surface area (Å²) in [6.07, 6.45) is 6.38. The lowest BCUT2D eigenvalue weighted by Gasteiger charge is -2.18. The third-order valence-electron chi connectivity index (χ3n) is 4.18. The molecule has 0 saturated heterocycles. The number of aryl methyl sites for hydroxylation is 1. The zero-order valence-electron chi connectivity index (χ0n) is 17.7. The van der Waals surface area contributed by atoms with Gasteiger partial charge >= 0.3 is 0 Å². The number of hydrogen-bond donors (Lipinski definition) is 2. The predicted molar refractivity (Wildman–Crippen MR) is 113 cm³/mol. The summed E-state index contributed by atoms with van der Waals surface area (Å²) in [6, 6.07) is 0.432. The van der Waals surface area contributed by atoms with E-state index in [0.717, 1.165) is 55.2 Å². The fraction of sp³-hybridized carbons (Fsp3) is 0.842. The molecule has 1 aromatic rings. The predicted octanol–water partition coefficient (Wildman–Crippen LogP) is 3.58. The van der Waals surface area contributed by atoms with Crippen molar-refractivity contribution in [3.05, 3.63) is 5.82 Å². The van der Waals surface area contributed by atoms with Crippen LogP contribution in [-0.4, -0.2) is 46.6 Å². The second kappa shape index (κ2) is 12.2. The summed E-state index contributed by atoms with van der Waals surface area (Å²) in [4.78, 5) is 4.33. The molecule has 0 spiro atoms. The van der Waals surface area contributed by atoms with Crippen LogP contribution in [0.25, 0.3) is 0 Å². The molecule has 2 N–H and O–H groups in total. The molecule has 26 heavy (non-hydrogen) atoms. The summed E-state index contributed by atoms with van der Waals surface area (Å²) < 4.78 is 2.26. The van der Waals surface area contributed by atoms with Gasteiger partial charge in [0, 0.05) is 32.6 Å². The highest BCUT2D eigenvalue weighted by Gasteiger charge is 2.12. The molecule has 6 nitrogen and oxygen atoms in total. The molecule has 0 bridgehead atoms. The smallest absolute Gasteiger partial charge is 0.191 e. The van der Waals surface area contributed by atoms with Crippen LogP contribution in [0.2, 0.25) is 0 Å². The highest BCUT2D eigenvalue weighted by molar-refractivity contribution is 7.98. The van der Waals surface area contributed by atoms with E-state index in [2.05, 4.69) is 71.3 Å². The molecule has 0 aliphatic heterocycles. The van der Waals surface area contributed by atoms with Crippen LogP contribution in [0.15, 0.2) is 10.1 Å². The molecular weight excluding hydrogens is 344 g/mol. The molecule has 0 fully saturated rings. The van der Waals surface area contributed by atoms with Crippen LogP contribution in [0.1, 0.15) is 59.7 Å². The maximum Gasteiger partial charge on any atom is 0.191 e. The van der Waals surface area contributed by atoms with Gasteiger partial charge in [-0.3, -0.25) is 4.99 Å². The van der Waals surface area contributed by atoms with Gasteiger partial charge in [0.15, 0.2) is 11.1 Å². The first-order valence-electron chi connectivity index (χ1n) is 9.80. The van der Waals surface area contributed by atoms with E-state index in [9.17, 15) is 0 Å². The fourth-order valence-corrected chi connectivity index (χ4v) is 3.26. The third kappa shape index (κ3) is 8.43. The number of hydrogen-bond acceptors (Lipinski definition) is 4. The number of aliphatic imine (C=N–C) groups is 1. The molecule has 0 aliphatic rings. The van der Waals surface area contributed by atoms with E-state index in [1.165, 1.54) is 6.42 Å². The molecule has 1 rings (SSSR count). The van der Waals surface area contributed by atoms with Crippen LogP contribution in [0.3, 0.4) is 0 Å². The SMILES string of the molecule is CN=C(NCCCc1nnc(SC)n1CC(C)C)NC(C)CCC(C)C. The summed E-state index contributed by atoms with van der Waals surface area (Å²) in [7, 11) is 1.83. The summed E-state index contributed by atoms with van der Waals surface area (Å²) in [5.74, 6) is 3.29. The summed E-state index contributed by atoms with van der Waals surface area (Å²) in [5, 5.41) is 16.6. The van der Waals surface area contributed by atoms with Gasteiger partial charge in [-0.15, -0.1) is 10.2 Å². The molecule has 7 heteroatoms. The van der Waals surface area contributed by atoms with Crippen molar-refractivity contribution in [1.82, 2.24) is 25.4 Å². The Morgan fingerprint density at radius 1 is 1.12 bits per heavy atom. The van der Waals surface area contributed by atoms with Gasteiger partial charge in [-0.1, -0.05) is 39.5 Å². The quantitative estimate of drug-likeness (QED) is 0.265. The lowest BCUT2D eigenvalue weighted by molar-refractivity contribution is 0.476. The molecule has 1 unspecified atom stereocenters. The second-order valence-electron chi connectivity index (χ2n) is 7.73. The zero-order chi connectivity index (χ0) is 19.5. The van der Waals surface area contributed by atoms with Crippen molar-refractivity contribution in [3.63, 3.8) is 0 Å². The first-order chi connectivity index (χ1) is 12.4. The number of aromatic nitrogens is 3. The largest absolute Gasteiger partial charge is 0.356 e. The van der Waals surface area contributed by atoms with Crippen molar-refractivity contribution >= 4 is 17.7 Å². The molecule has 1 aromatic heterocycles. The number of nitrogens with one attached hydrogen (secondary N) is 2. The van der Waals surface area contributed by atoms with E-state index in [-0.39, 0.29) is 0 Å². The Hall–Kier alpha value is -1.24. The van der Waals surface area contributed by atoms with Crippen LogP contribution in [-0.2, 0) is 13.0 Å². The Morgan fingerprint density at radius 2 is 1.85 bits per heavy atom. The van der Waals surface area contributed by atoms with Crippen molar-refractivity contribution in [2.45, 2.75) is 78.0 Å². The fourth-order valence-electron chi connectivity index (χ4n) is 2.74. The Bertz CT molecular complexity index is 538. The molecular formula is C19H38N6S. The van der Waals surface area contributed by atoms with E-state index in [0.29, 0.717) is 12.0 Å². The van der Waals surface area contributed by atoms with Gasteiger partial charge in [0.1, 0.15) is 5.82 Å². The lowest BCUT2D eigenvalue weighted by Crippen LogP contribution is -2.42. The second-order valence-corrected chi connectivity index (χ2v) is 8.50. The summed E-state index contributed by atoms with van der Waals surface area (Å²) in [5.41, 5.74) is 0. The van der Waals surface area contributed by atoms with Crippen LogP contribution < -0.4 is 10.6 Å².